The summed E-state index contributed by atoms with van der Waals surface area (Å²) in [6, 6.07) is 1.67. The molecule has 1 saturated heterocycles. The fourth-order valence-corrected chi connectivity index (χ4v) is 3.74. The zero-order valence-corrected chi connectivity index (χ0v) is 13.9. The summed E-state index contributed by atoms with van der Waals surface area (Å²) in [6.07, 6.45) is 0. The molecule has 2 aromatic rings. The second-order valence-electron chi connectivity index (χ2n) is 6.09. The van der Waals surface area contributed by atoms with E-state index in [1.54, 1.807) is 13.1 Å². The maximum atomic E-state index is 12.5. The molecule has 3 heterocycles. The topological polar surface area (TPSA) is 64.4 Å². The molecular weight excluding hydrogens is 302 g/mol. The third-order valence-corrected chi connectivity index (χ3v) is 4.87. The minimum absolute atomic E-state index is 0.176. The van der Waals surface area contributed by atoms with Crippen molar-refractivity contribution in [3.8, 4) is 0 Å². The van der Waals surface area contributed by atoms with Crippen LogP contribution in [0.5, 0.6) is 0 Å². The van der Waals surface area contributed by atoms with Gasteiger partial charge in [0.1, 0.15) is 0 Å². The molecule has 2 aromatic heterocycles. The number of carbonyl (C=O) groups is 1. The van der Waals surface area contributed by atoms with Gasteiger partial charge in [0.25, 0.3) is 11.5 Å². The van der Waals surface area contributed by atoms with Crippen molar-refractivity contribution < 1.29 is 9.63 Å². The number of amides is 1. The van der Waals surface area contributed by atoms with Gasteiger partial charge in [-0.15, -0.1) is 11.3 Å². The average molecular weight is 321 g/mol. The number of carbonyl (C=O) groups excluding carboxylic acids is 1. The summed E-state index contributed by atoms with van der Waals surface area (Å²) < 4.78 is 2.14. The highest BCUT2D eigenvalue weighted by molar-refractivity contribution is 7.21. The van der Waals surface area contributed by atoms with Crippen LogP contribution < -0.4 is 5.56 Å². The third-order valence-electron chi connectivity index (χ3n) is 3.72. The fraction of sp³-hybridized carbons (Fsp3) is 0.533. The molecule has 0 aliphatic carbocycles. The van der Waals surface area contributed by atoms with Gasteiger partial charge in [-0.25, -0.2) is 9.75 Å². The zero-order chi connectivity index (χ0) is 16.0. The molecule has 1 atom stereocenters. The Bertz CT molecular complexity index is 793. The standard InChI is InChI=1S/C15H19N3O3S/c1-8(2)12-13-10(14(19)17(4)16-12)5-11(22-13)15(20)18-6-9(3)7-21-18/h5,8-9H,6-7H2,1-4H3/t9-/m0/s1. The number of hydrogen-bond acceptors (Lipinski definition) is 5. The largest absolute Gasteiger partial charge is 0.287 e. The van der Waals surface area contributed by atoms with Crippen molar-refractivity contribution in [2.75, 3.05) is 13.2 Å². The van der Waals surface area contributed by atoms with Gasteiger partial charge in [0, 0.05) is 13.0 Å². The average Bonchev–Trinajstić information content (AvgIpc) is 3.08. The monoisotopic (exact) mass is 321 g/mol. The van der Waals surface area contributed by atoms with E-state index in [0.29, 0.717) is 29.3 Å². The molecule has 0 spiro atoms. The number of rotatable bonds is 2. The van der Waals surface area contributed by atoms with Gasteiger partial charge in [-0.1, -0.05) is 20.8 Å². The van der Waals surface area contributed by atoms with Crippen molar-refractivity contribution in [3.63, 3.8) is 0 Å². The van der Waals surface area contributed by atoms with Gasteiger partial charge in [-0.3, -0.25) is 14.4 Å². The molecular formula is C15H19N3O3S. The number of thiophene rings is 1. The lowest BCUT2D eigenvalue weighted by Gasteiger charge is -2.12. The maximum Gasteiger partial charge on any atom is 0.287 e. The Balaban J connectivity index is 2.09. The minimum Gasteiger partial charge on any atom is -0.270 e. The normalized spacial score (nSPS) is 18.6. The first-order valence-electron chi connectivity index (χ1n) is 7.34. The Hall–Kier alpha value is -1.73. The summed E-state index contributed by atoms with van der Waals surface area (Å²) >= 11 is 1.32. The molecule has 6 nitrogen and oxygen atoms in total. The van der Waals surface area contributed by atoms with Gasteiger partial charge >= 0.3 is 0 Å². The van der Waals surface area contributed by atoms with E-state index in [-0.39, 0.29) is 17.4 Å². The molecule has 0 aromatic carbocycles. The van der Waals surface area contributed by atoms with E-state index in [4.69, 9.17) is 4.84 Å². The summed E-state index contributed by atoms with van der Waals surface area (Å²) in [5.74, 6) is 0.334. The predicted octanol–water partition coefficient (Wildman–Crippen LogP) is 2.14. The van der Waals surface area contributed by atoms with Crippen molar-refractivity contribution >= 4 is 27.3 Å². The quantitative estimate of drug-likeness (QED) is 0.850. The van der Waals surface area contributed by atoms with E-state index < -0.39 is 0 Å². The lowest BCUT2D eigenvalue weighted by Crippen LogP contribution is -2.26. The van der Waals surface area contributed by atoms with E-state index in [2.05, 4.69) is 5.10 Å². The van der Waals surface area contributed by atoms with Crippen LogP contribution in [0.2, 0.25) is 0 Å². The van der Waals surface area contributed by atoms with Crippen LogP contribution in [-0.2, 0) is 11.9 Å². The van der Waals surface area contributed by atoms with E-state index in [1.807, 2.05) is 20.8 Å². The Morgan fingerprint density at radius 3 is 2.82 bits per heavy atom. The van der Waals surface area contributed by atoms with Crippen molar-refractivity contribution in [1.29, 1.82) is 0 Å². The summed E-state index contributed by atoms with van der Waals surface area (Å²) in [5.41, 5.74) is 0.669. The Kier molecular flexibility index (Phi) is 3.78. The number of nitrogens with zero attached hydrogens (tertiary/aromatic N) is 3. The van der Waals surface area contributed by atoms with Crippen LogP contribution in [0.3, 0.4) is 0 Å². The summed E-state index contributed by atoms with van der Waals surface area (Å²) in [7, 11) is 1.64. The lowest BCUT2D eigenvalue weighted by atomic mass is 10.1. The van der Waals surface area contributed by atoms with Crippen LogP contribution >= 0.6 is 11.3 Å². The van der Waals surface area contributed by atoms with Crippen molar-refractivity contribution in [3.05, 3.63) is 27.0 Å². The van der Waals surface area contributed by atoms with Crippen LogP contribution in [0.25, 0.3) is 10.1 Å². The molecule has 0 saturated carbocycles. The van der Waals surface area contributed by atoms with Gasteiger partial charge in [0.05, 0.1) is 33.8 Å². The highest BCUT2D eigenvalue weighted by Crippen LogP contribution is 2.30. The number of hydrogen-bond donors (Lipinski definition) is 0. The first kappa shape index (κ1) is 15.2. The van der Waals surface area contributed by atoms with Gasteiger partial charge in [-0.2, -0.15) is 5.10 Å². The smallest absolute Gasteiger partial charge is 0.270 e. The van der Waals surface area contributed by atoms with Crippen molar-refractivity contribution in [2.24, 2.45) is 13.0 Å². The van der Waals surface area contributed by atoms with E-state index in [1.165, 1.54) is 21.1 Å². The molecule has 0 unspecified atom stereocenters. The van der Waals surface area contributed by atoms with Crippen molar-refractivity contribution in [2.45, 2.75) is 26.7 Å². The summed E-state index contributed by atoms with van der Waals surface area (Å²) in [5, 5.41) is 6.29. The number of aromatic nitrogens is 2. The van der Waals surface area contributed by atoms with Gasteiger partial charge in [0.15, 0.2) is 0 Å². The molecule has 118 valence electrons. The highest BCUT2D eigenvalue weighted by Gasteiger charge is 2.28. The predicted molar refractivity (Wildman–Crippen MR) is 85.1 cm³/mol. The van der Waals surface area contributed by atoms with Crippen LogP contribution in [0.1, 0.15) is 42.1 Å². The van der Waals surface area contributed by atoms with Gasteiger partial charge in [0.2, 0.25) is 0 Å². The molecule has 0 radical (unpaired) electrons. The second-order valence-corrected chi connectivity index (χ2v) is 7.14. The zero-order valence-electron chi connectivity index (χ0n) is 13.1. The molecule has 1 amide bonds. The van der Waals surface area contributed by atoms with E-state index in [0.717, 1.165) is 10.4 Å². The van der Waals surface area contributed by atoms with Crippen LogP contribution in [0.15, 0.2) is 10.9 Å². The van der Waals surface area contributed by atoms with E-state index >= 15 is 0 Å². The molecule has 1 aliphatic rings. The maximum absolute atomic E-state index is 12.5. The number of hydroxylamine groups is 2. The molecule has 3 rings (SSSR count). The SMILES string of the molecule is CC(C)c1nn(C)c(=O)c2cc(C(=O)N3C[C@H](C)CO3)sc12. The van der Waals surface area contributed by atoms with Gasteiger partial charge in [-0.05, 0) is 12.0 Å². The first-order chi connectivity index (χ1) is 10.4. The number of fused-ring (bicyclic) bond motifs is 1. The Morgan fingerprint density at radius 2 is 2.23 bits per heavy atom. The molecule has 1 aliphatic heterocycles. The molecule has 7 heteroatoms. The Labute approximate surface area is 132 Å². The molecule has 22 heavy (non-hydrogen) atoms. The highest BCUT2D eigenvalue weighted by atomic mass is 32.1. The van der Waals surface area contributed by atoms with Crippen molar-refractivity contribution in [1.82, 2.24) is 14.8 Å². The molecule has 0 N–H and O–H groups in total. The molecule has 1 fully saturated rings. The first-order valence-corrected chi connectivity index (χ1v) is 8.15. The second kappa shape index (κ2) is 5.48. The number of aryl methyl sites for hydroxylation is 1. The lowest BCUT2D eigenvalue weighted by molar-refractivity contribution is -0.0769. The summed E-state index contributed by atoms with van der Waals surface area (Å²) in [4.78, 5) is 30.7. The fourth-order valence-electron chi connectivity index (χ4n) is 2.52. The third kappa shape index (κ3) is 2.44. The van der Waals surface area contributed by atoms with Gasteiger partial charge < -0.3 is 0 Å². The van der Waals surface area contributed by atoms with Crippen LogP contribution in [0.4, 0.5) is 0 Å². The van der Waals surface area contributed by atoms with Crippen LogP contribution in [-0.4, -0.2) is 33.9 Å². The summed E-state index contributed by atoms with van der Waals surface area (Å²) in [6.45, 7) is 7.23. The minimum atomic E-state index is -0.178. The van der Waals surface area contributed by atoms with E-state index in [9.17, 15) is 9.59 Å². The Morgan fingerprint density at radius 1 is 1.50 bits per heavy atom. The van der Waals surface area contributed by atoms with Crippen LogP contribution in [0, 0.1) is 5.92 Å². The molecule has 0 bridgehead atoms.